The van der Waals surface area contributed by atoms with Crippen LogP contribution in [0.3, 0.4) is 0 Å². The van der Waals surface area contributed by atoms with Crippen LogP contribution in [0.15, 0.2) is 115 Å². The van der Waals surface area contributed by atoms with Gasteiger partial charge in [0.1, 0.15) is 11.5 Å². The molecule has 2 aliphatic rings. The minimum Gasteiger partial charge on any atom is -0.273 e. The van der Waals surface area contributed by atoms with E-state index in [-0.39, 0.29) is 11.8 Å². The van der Waals surface area contributed by atoms with Gasteiger partial charge in [0.15, 0.2) is 6.10 Å². The van der Waals surface area contributed by atoms with Crippen LogP contribution >= 0.6 is 0 Å². The maximum atomic E-state index is 14.6. The maximum Gasteiger partial charge on any atom is 0.267 e. The molecule has 0 saturated carbocycles. The lowest BCUT2D eigenvalue weighted by atomic mass is 9.69. The fraction of sp³-hybridized carbons (Fsp3) is 0.133. The monoisotopic (exact) mass is 460 g/mol. The van der Waals surface area contributed by atoms with Crippen molar-refractivity contribution in [3.8, 4) is 0 Å². The smallest absolute Gasteiger partial charge is 0.267 e. The van der Waals surface area contributed by atoms with Crippen LogP contribution in [0.4, 0.5) is 11.4 Å². The third kappa shape index (κ3) is 3.12. The van der Waals surface area contributed by atoms with E-state index in [1.54, 1.807) is 11.1 Å². The van der Waals surface area contributed by atoms with Crippen molar-refractivity contribution in [2.45, 2.75) is 24.5 Å². The molecular formula is C30H24N2O3. The molecule has 5 nitrogen and oxygen atoms in total. The summed E-state index contributed by atoms with van der Waals surface area (Å²) in [6.07, 6.45) is -1.01. The van der Waals surface area contributed by atoms with Crippen molar-refractivity contribution < 1.29 is 14.4 Å². The SMILES string of the molecule is Cc1cccc(N2C(=O)C3ON(c4ccccc4)C(c4ccccc4)C3(c3ccccc3)C2=O)c1. The Morgan fingerprint density at radius 3 is 1.97 bits per heavy atom. The molecule has 3 atom stereocenters. The molecule has 2 saturated heterocycles. The number of hydrogen-bond donors (Lipinski definition) is 0. The van der Waals surface area contributed by atoms with E-state index in [0.717, 1.165) is 22.4 Å². The molecule has 2 aliphatic heterocycles. The highest BCUT2D eigenvalue weighted by atomic mass is 16.7. The van der Waals surface area contributed by atoms with E-state index in [9.17, 15) is 9.59 Å². The first kappa shape index (κ1) is 21.3. The number of anilines is 2. The van der Waals surface area contributed by atoms with Gasteiger partial charge >= 0.3 is 0 Å². The van der Waals surface area contributed by atoms with E-state index < -0.39 is 17.6 Å². The van der Waals surface area contributed by atoms with Crippen molar-refractivity contribution in [1.82, 2.24) is 0 Å². The second-order valence-electron chi connectivity index (χ2n) is 9.01. The first-order chi connectivity index (χ1) is 17.1. The van der Waals surface area contributed by atoms with E-state index in [4.69, 9.17) is 4.84 Å². The molecule has 0 bridgehead atoms. The minimum atomic E-state index is -1.26. The van der Waals surface area contributed by atoms with Gasteiger partial charge in [0, 0.05) is 0 Å². The molecule has 0 N–H and O–H groups in total. The summed E-state index contributed by atoms with van der Waals surface area (Å²) in [6.45, 7) is 1.95. The Balaban J connectivity index is 1.62. The van der Waals surface area contributed by atoms with Gasteiger partial charge in [0.2, 0.25) is 5.91 Å². The Hall–Kier alpha value is -4.22. The Morgan fingerprint density at radius 1 is 0.714 bits per heavy atom. The van der Waals surface area contributed by atoms with E-state index in [0.29, 0.717) is 5.69 Å². The number of nitrogens with zero attached hydrogens (tertiary/aromatic N) is 2. The zero-order valence-electron chi connectivity index (χ0n) is 19.2. The van der Waals surface area contributed by atoms with Gasteiger partial charge < -0.3 is 0 Å². The first-order valence-corrected chi connectivity index (χ1v) is 11.7. The van der Waals surface area contributed by atoms with Crippen molar-refractivity contribution in [2.24, 2.45) is 0 Å². The lowest BCUT2D eigenvalue weighted by Crippen LogP contribution is -2.46. The second-order valence-corrected chi connectivity index (χ2v) is 9.01. The van der Waals surface area contributed by atoms with Gasteiger partial charge in [0.05, 0.1) is 11.4 Å². The summed E-state index contributed by atoms with van der Waals surface area (Å²) >= 11 is 0. The predicted octanol–water partition coefficient (Wildman–Crippen LogP) is 5.37. The quantitative estimate of drug-likeness (QED) is 0.384. The highest BCUT2D eigenvalue weighted by Crippen LogP contribution is 2.57. The topological polar surface area (TPSA) is 49.9 Å². The third-order valence-corrected chi connectivity index (χ3v) is 6.94. The van der Waals surface area contributed by atoms with Crippen LogP contribution in [0, 0.1) is 6.92 Å². The Labute approximate surface area is 204 Å². The fourth-order valence-corrected chi connectivity index (χ4v) is 5.43. The zero-order valence-corrected chi connectivity index (χ0v) is 19.2. The Bertz CT molecular complexity index is 1390. The van der Waals surface area contributed by atoms with Crippen LogP contribution in [0.25, 0.3) is 0 Å². The Morgan fingerprint density at radius 2 is 1.31 bits per heavy atom. The predicted molar refractivity (Wildman–Crippen MR) is 135 cm³/mol. The van der Waals surface area contributed by atoms with E-state index >= 15 is 0 Å². The summed E-state index contributed by atoms with van der Waals surface area (Å²) in [5.41, 5.74) is 2.71. The van der Waals surface area contributed by atoms with Crippen molar-refractivity contribution in [3.63, 3.8) is 0 Å². The number of amides is 2. The zero-order chi connectivity index (χ0) is 24.0. The number of imide groups is 1. The highest BCUT2D eigenvalue weighted by molar-refractivity contribution is 6.28. The number of benzene rings is 4. The van der Waals surface area contributed by atoms with Gasteiger partial charge in [-0.25, -0.2) is 9.96 Å². The summed E-state index contributed by atoms with van der Waals surface area (Å²) in [6, 6.07) is 36.0. The molecule has 0 aromatic heterocycles. The maximum absolute atomic E-state index is 14.6. The van der Waals surface area contributed by atoms with Crippen LogP contribution in [0.2, 0.25) is 0 Å². The molecule has 2 amide bonds. The number of para-hydroxylation sites is 1. The molecule has 2 fully saturated rings. The summed E-state index contributed by atoms with van der Waals surface area (Å²) in [4.78, 5) is 36.4. The van der Waals surface area contributed by atoms with Crippen molar-refractivity contribution in [2.75, 3.05) is 9.96 Å². The second kappa shape index (κ2) is 8.22. The van der Waals surface area contributed by atoms with Gasteiger partial charge in [-0.05, 0) is 47.9 Å². The molecule has 5 heteroatoms. The van der Waals surface area contributed by atoms with Crippen LogP contribution in [-0.4, -0.2) is 17.9 Å². The molecule has 0 radical (unpaired) electrons. The third-order valence-electron chi connectivity index (χ3n) is 6.94. The minimum absolute atomic E-state index is 0.281. The van der Waals surface area contributed by atoms with E-state index in [1.807, 2.05) is 116 Å². The van der Waals surface area contributed by atoms with E-state index in [2.05, 4.69) is 0 Å². The number of rotatable bonds is 4. The lowest BCUT2D eigenvalue weighted by Gasteiger charge is -2.35. The number of carbonyl (C=O) groups excluding carboxylic acids is 2. The van der Waals surface area contributed by atoms with Crippen LogP contribution in [0.1, 0.15) is 22.7 Å². The highest BCUT2D eigenvalue weighted by Gasteiger charge is 2.72. The van der Waals surface area contributed by atoms with Crippen LogP contribution in [-0.2, 0) is 19.8 Å². The van der Waals surface area contributed by atoms with Gasteiger partial charge in [-0.1, -0.05) is 91.0 Å². The van der Waals surface area contributed by atoms with Crippen molar-refractivity contribution in [1.29, 1.82) is 0 Å². The number of hydroxylamine groups is 1. The summed E-state index contributed by atoms with van der Waals surface area (Å²) in [5, 5.41) is 1.75. The number of carbonyl (C=O) groups is 2. The Kier molecular flexibility index (Phi) is 5.01. The summed E-state index contributed by atoms with van der Waals surface area (Å²) in [7, 11) is 0. The molecule has 6 rings (SSSR count). The molecule has 3 unspecified atom stereocenters. The summed E-state index contributed by atoms with van der Waals surface area (Å²) in [5.74, 6) is -0.639. The molecule has 2 heterocycles. The summed E-state index contributed by atoms with van der Waals surface area (Å²) < 4.78 is 0. The fourth-order valence-electron chi connectivity index (χ4n) is 5.43. The normalized spacial score (nSPS) is 23.6. The van der Waals surface area contributed by atoms with Gasteiger partial charge in [-0.3, -0.25) is 14.4 Å². The van der Waals surface area contributed by atoms with Gasteiger partial charge in [-0.2, -0.15) is 0 Å². The average Bonchev–Trinajstić information content (AvgIpc) is 3.37. The molecule has 4 aromatic carbocycles. The molecule has 0 aliphatic carbocycles. The van der Waals surface area contributed by atoms with Crippen molar-refractivity contribution >= 4 is 23.2 Å². The standard InChI is InChI=1S/C30H24N2O3/c1-21-12-11-19-25(20-21)31-28(33)27-30(29(31)34,23-15-7-3-8-16-23)26(22-13-5-2-6-14-22)32(35-27)24-17-9-4-10-18-24/h2-20,26-27H,1H3. The van der Waals surface area contributed by atoms with Gasteiger partial charge in [0.25, 0.3) is 5.91 Å². The number of hydrogen-bond acceptors (Lipinski definition) is 4. The molecule has 35 heavy (non-hydrogen) atoms. The van der Waals surface area contributed by atoms with Crippen molar-refractivity contribution in [3.05, 3.63) is 132 Å². The van der Waals surface area contributed by atoms with Gasteiger partial charge in [-0.15, -0.1) is 0 Å². The molecule has 4 aromatic rings. The molecular weight excluding hydrogens is 436 g/mol. The average molecular weight is 461 g/mol. The van der Waals surface area contributed by atoms with Crippen LogP contribution in [0.5, 0.6) is 0 Å². The van der Waals surface area contributed by atoms with E-state index in [1.165, 1.54) is 4.90 Å². The number of aryl methyl sites for hydroxylation is 1. The number of fused-ring (bicyclic) bond motifs is 1. The molecule has 0 spiro atoms. The largest absolute Gasteiger partial charge is 0.273 e. The lowest BCUT2D eigenvalue weighted by molar-refractivity contribution is -0.126. The molecule has 172 valence electrons. The van der Waals surface area contributed by atoms with Crippen LogP contribution < -0.4 is 9.96 Å². The first-order valence-electron chi connectivity index (χ1n) is 11.7.